The first-order chi connectivity index (χ1) is 7.24. The number of hydrogen-bond donors (Lipinski definition) is 1. The zero-order chi connectivity index (χ0) is 11.1. The van der Waals surface area contributed by atoms with Crippen molar-refractivity contribution in [3.63, 3.8) is 0 Å². The summed E-state index contributed by atoms with van der Waals surface area (Å²) in [5.74, 6) is -0.383. The fraction of sp³-hybridized carbons (Fsp3) is 0.818. The van der Waals surface area contributed by atoms with Crippen LogP contribution in [0.4, 0.5) is 0 Å². The Hall–Kier alpha value is -1.06. The lowest BCUT2D eigenvalue weighted by Crippen LogP contribution is -2.30. The van der Waals surface area contributed by atoms with Crippen molar-refractivity contribution in [1.82, 2.24) is 5.32 Å². The van der Waals surface area contributed by atoms with Gasteiger partial charge in [0.15, 0.2) is 6.61 Å². The Kier molecular flexibility index (Phi) is 5.15. The van der Waals surface area contributed by atoms with Crippen molar-refractivity contribution >= 4 is 11.9 Å². The molecule has 0 bridgehead atoms. The highest BCUT2D eigenvalue weighted by molar-refractivity contribution is 5.81. The number of amides is 1. The topological polar surface area (TPSA) is 55.4 Å². The minimum absolute atomic E-state index is 0.0315. The Morgan fingerprint density at radius 1 is 1.33 bits per heavy atom. The van der Waals surface area contributed by atoms with Gasteiger partial charge in [-0.2, -0.15) is 0 Å². The summed E-state index contributed by atoms with van der Waals surface area (Å²) in [6.45, 7) is 2.49. The van der Waals surface area contributed by atoms with Crippen molar-refractivity contribution in [2.24, 2.45) is 5.92 Å². The molecule has 0 aromatic carbocycles. The summed E-state index contributed by atoms with van der Waals surface area (Å²) in [5, 5.41) is 2.66. The summed E-state index contributed by atoms with van der Waals surface area (Å²) in [6, 6.07) is 0. The molecule has 0 spiro atoms. The Morgan fingerprint density at radius 2 is 2.00 bits per heavy atom. The van der Waals surface area contributed by atoms with Crippen molar-refractivity contribution in [2.75, 3.05) is 13.2 Å². The molecule has 0 aliphatic heterocycles. The van der Waals surface area contributed by atoms with Crippen LogP contribution in [0.15, 0.2) is 0 Å². The van der Waals surface area contributed by atoms with Crippen molar-refractivity contribution in [3.05, 3.63) is 0 Å². The molecule has 1 fully saturated rings. The zero-order valence-corrected chi connectivity index (χ0v) is 9.25. The van der Waals surface area contributed by atoms with Crippen LogP contribution in [0.25, 0.3) is 0 Å². The third-order valence-electron chi connectivity index (χ3n) is 2.61. The van der Waals surface area contributed by atoms with Gasteiger partial charge in [-0.05, 0) is 19.3 Å². The van der Waals surface area contributed by atoms with Gasteiger partial charge in [0.25, 0.3) is 5.91 Å². The molecule has 0 heterocycles. The van der Waals surface area contributed by atoms with Crippen LogP contribution in [-0.4, -0.2) is 25.0 Å². The van der Waals surface area contributed by atoms with Crippen molar-refractivity contribution in [3.8, 4) is 0 Å². The monoisotopic (exact) mass is 213 g/mol. The molecule has 0 radical (unpaired) electrons. The van der Waals surface area contributed by atoms with Crippen molar-refractivity contribution < 1.29 is 14.3 Å². The number of carbonyl (C=O) groups excluding carboxylic acids is 2. The zero-order valence-electron chi connectivity index (χ0n) is 9.25. The molecule has 15 heavy (non-hydrogen) atoms. The van der Waals surface area contributed by atoms with Gasteiger partial charge in [-0.25, -0.2) is 0 Å². The highest BCUT2D eigenvalue weighted by Crippen LogP contribution is 2.25. The molecule has 0 saturated heterocycles. The molecule has 1 amide bonds. The number of ether oxygens (including phenoxy) is 1. The predicted molar refractivity (Wildman–Crippen MR) is 56.2 cm³/mol. The van der Waals surface area contributed by atoms with Crippen LogP contribution in [0.2, 0.25) is 0 Å². The van der Waals surface area contributed by atoms with E-state index in [0.29, 0.717) is 6.54 Å². The molecule has 1 saturated carbocycles. The lowest BCUT2D eigenvalue weighted by atomic mass is 10.1. The van der Waals surface area contributed by atoms with Gasteiger partial charge in [-0.15, -0.1) is 0 Å². The van der Waals surface area contributed by atoms with E-state index < -0.39 is 0 Å². The lowest BCUT2D eigenvalue weighted by molar-refractivity contribution is -0.152. The Morgan fingerprint density at radius 3 is 2.60 bits per heavy atom. The minimum Gasteiger partial charge on any atom is -0.455 e. The molecular formula is C11H19NO3. The van der Waals surface area contributed by atoms with Crippen LogP contribution in [0.3, 0.4) is 0 Å². The van der Waals surface area contributed by atoms with E-state index in [1.54, 1.807) is 0 Å². The SMILES string of the molecule is CCCNC(=O)COC(=O)C1CCCC1. The standard InChI is InChI=1S/C11H19NO3/c1-2-7-12-10(13)8-15-11(14)9-5-3-4-6-9/h9H,2-8H2,1H3,(H,12,13). The Bertz CT molecular complexity index is 222. The summed E-state index contributed by atoms with van der Waals surface area (Å²) in [4.78, 5) is 22.6. The first kappa shape index (κ1) is 12.0. The maximum absolute atomic E-state index is 11.4. The van der Waals surface area contributed by atoms with Gasteiger partial charge in [0.1, 0.15) is 0 Å². The van der Waals surface area contributed by atoms with E-state index in [9.17, 15) is 9.59 Å². The van der Waals surface area contributed by atoms with E-state index in [2.05, 4.69) is 5.32 Å². The molecule has 1 rings (SSSR count). The van der Waals surface area contributed by atoms with Crippen LogP contribution in [0.1, 0.15) is 39.0 Å². The summed E-state index contributed by atoms with van der Waals surface area (Å²) in [7, 11) is 0. The first-order valence-electron chi connectivity index (χ1n) is 5.67. The fourth-order valence-corrected chi connectivity index (χ4v) is 1.73. The molecule has 4 nitrogen and oxygen atoms in total. The summed E-state index contributed by atoms with van der Waals surface area (Å²) in [6.07, 6.45) is 4.91. The Labute approximate surface area is 90.4 Å². The van der Waals surface area contributed by atoms with Crippen LogP contribution in [0, 0.1) is 5.92 Å². The van der Waals surface area contributed by atoms with E-state index in [1.165, 1.54) is 0 Å². The van der Waals surface area contributed by atoms with Gasteiger partial charge in [0.05, 0.1) is 5.92 Å². The van der Waals surface area contributed by atoms with Crippen LogP contribution in [-0.2, 0) is 14.3 Å². The highest BCUT2D eigenvalue weighted by atomic mass is 16.5. The highest BCUT2D eigenvalue weighted by Gasteiger charge is 2.24. The Balaban J connectivity index is 2.12. The molecule has 0 aromatic rings. The molecule has 1 aliphatic rings. The van der Waals surface area contributed by atoms with E-state index in [4.69, 9.17) is 4.74 Å². The average Bonchev–Trinajstić information content (AvgIpc) is 2.76. The van der Waals surface area contributed by atoms with Gasteiger partial charge in [0.2, 0.25) is 0 Å². The van der Waals surface area contributed by atoms with Crippen LogP contribution >= 0.6 is 0 Å². The van der Waals surface area contributed by atoms with Crippen LogP contribution in [0.5, 0.6) is 0 Å². The molecule has 1 N–H and O–H groups in total. The molecule has 0 aromatic heterocycles. The lowest BCUT2D eigenvalue weighted by Gasteiger charge is -2.09. The largest absolute Gasteiger partial charge is 0.455 e. The molecule has 0 unspecified atom stereocenters. The minimum atomic E-state index is -0.209. The number of esters is 1. The van der Waals surface area contributed by atoms with Crippen molar-refractivity contribution in [1.29, 1.82) is 0 Å². The number of hydrogen-bond acceptors (Lipinski definition) is 3. The van der Waals surface area contributed by atoms with Gasteiger partial charge in [-0.1, -0.05) is 19.8 Å². The summed E-state index contributed by atoms with van der Waals surface area (Å²) in [5.41, 5.74) is 0. The second-order valence-corrected chi connectivity index (χ2v) is 3.94. The van der Waals surface area contributed by atoms with Gasteiger partial charge in [0, 0.05) is 6.54 Å². The molecule has 1 aliphatic carbocycles. The molecule has 86 valence electrons. The van der Waals surface area contributed by atoms with Gasteiger partial charge < -0.3 is 10.1 Å². The summed E-state index contributed by atoms with van der Waals surface area (Å²) < 4.78 is 4.93. The third-order valence-corrected chi connectivity index (χ3v) is 2.61. The van der Waals surface area contributed by atoms with E-state index >= 15 is 0 Å². The van der Waals surface area contributed by atoms with Gasteiger partial charge in [-0.3, -0.25) is 9.59 Å². The number of nitrogens with one attached hydrogen (secondary N) is 1. The molecule has 4 heteroatoms. The maximum Gasteiger partial charge on any atom is 0.309 e. The fourth-order valence-electron chi connectivity index (χ4n) is 1.73. The average molecular weight is 213 g/mol. The van der Waals surface area contributed by atoms with E-state index in [-0.39, 0.29) is 24.4 Å². The van der Waals surface area contributed by atoms with E-state index in [1.807, 2.05) is 6.92 Å². The quantitative estimate of drug-likeness (QED) is 0.699. The first-order valence-corrected chi connectivity index (χ1v) is 5.67. The summed E-state index contributed by atoms with van der Waals surface area (Å²) >= 11 is 0. The van der Waals surface area contributed by atoms with Crippen LogP contribution < -0.4 is 5.32 Å². The number of carbonyl (C=O) groups is 2. The molecule has 0 atom stereocenters. The second kappa shape index (κ2) is 6.43. The number of rotatable bonds is 5. The van der Waals surface area contributed by atoms with E-state index in [0.717, 1.165) is 32.1 Å². The predicted octanol–water partition coefficient (Wildman–Crippen LogP) is 1.25. The van der Waals surface area contributed by atoms with Gasteiger partial charge >= 0.3 is 5.97 Å². The third kappa shape index (κ3) is 4.32. The molecular weight excluding hydrogens is 194 g/mol. The maximum atomic E-state index is 11.4. The second-order valence-electron chi connectivity index (χ2n) is 3.94. The van der Waals surface area contributed by atoms with Crippen molar-refractivity contribution in [2.45, 2.75) is 39.0 Å². The smallest absolute Gasteiger partial charge is 0.309 e. The normalized spacial score (nSPS) is 16.3.